The monoisotopic (exact) mass is 241 g/mol. The predicted octanol–water partition coefficient (Wildman–Crippen LogP) is 2.48. The first kappa shape index (κ1) is 12.0. The lowest BCUT2D eigenvalue weighted by Crippen LogP contribution is -2.00. The molecule has 92 valence electrons. The average Bonchev–Trinajstić information content (AvgIpc) is 3.15. The number of aromatic nitrogens is 5. The van der Waals surface area contributed by atoms with Crippen molar-refractivity contribution < 1.29 is 0 Å². The van der Waals surface area contributed by atoms with E-state index in [1.807, 2.05) is 50.4 Å². The number of hydrogen-bond acceptors (Lipinski definition) is 3. The zero-order chi connectivity index (χ0) is 12.8. The van der Waals surface area contributed by atoms with Gasteiger partial charge in [0.25, 0.3) is 0 Å². The Bertz CT molecular complexity index is 520. The summed E-state index contributed by atoms with van der Waals surface area (Å²) >= 11 is 0. The van der Waals surface area contributed by atoms with Crippen LogP contribution in [-0.2, 0) is 0 Å². The fraction of sp³-hybridized carbons (Fsp3) is 0.154. The summed E-state index contributed by atoms with van der Waals surface area (Å²) in [7, 11) is 0. The van der Waals surface area contributed by atoms with Crippen LogP contribution in [0, 0.1) is 0 Å². The van der Waals surface area contributed by atoms with Crippen LogP contribution in [0.5, 0.6) is 0 Å². The molecule has 5 nitrogen and oxygen atoms in total. The van der Waals surface area contributed by atoms with Gasteiger partial charge in [-0.2, -0.15) is 20.1 Å². The van der Waals surface area contributed by atoms with Crippen LogP contribution in [0.25, 0.3) is 11.4 Å². The molecule has 18 heavy (non-hydrogen) atoms. The Morgan fingerprint density at radius 2 is 1.56 bits per heavy atom. The molecule has 3 aromatic rings. The Hall–Kier alpha value is -2.43. The molecule has 0 bridgehead atoms. The molecule has 2 aromatic heterocycles. The third-order valence-electron chi connectivity index (χ3n) is 2.25. The van der Waals surface area contributed by atoms with E-state index in [1.165, 1.54) is 0 Å². The molecule has 3 rings (SSSR count). The molecule has 2 heterocycles. The minimum absolute atomic E-state index is 0.915. The number of hydrogen-bond donors (Lipinski definition) is 0. The summed E-state index contributed by atoms with van der Waals surface area (Å²) in [5.74, 6) is 0. The van der Waals surface area contributed by atoms with Crippen LogP contribution >= 0.6 is 0 Å². The maximum absolute atomic E-state index is 4.18. The van der Waals surface area contributed by atoms with Crippen molar-refractivity contribution in [3.63, 3.8) is 0 Å². The minimum Gasteiger partial charge on any atom is -0.241 e. The second kappa shape index (κ2) is 5.77. The molecule has 0 aliphatic rings. The Balaban J connectivity index is 0.000000574. The van der Waals surface area contributed by atoms with E-state index in [0.717, 1.165) is 11.4 Å². The molecule has 0 unspecified atom stereocenters. The third-order valence-corrected chi connectivity index (χ3v) is 2.25. The molecule has 0 aliphatic carbocycles. The normalized spacial score (nSPS) is 9.67. The van der Waals surface area contributed by atoms with Crippen LogP contribution in [0.3, 0.4) is 0 Å². The molecule has 1 aromatic carbocycles. The Morgan fingerprint density at radius 3 is 2.22 bits per heavy atom. The summed E-state index contributed by atoms with van der Waals surface area (Å²) in [6.07, 6.45) is 6.95. The molecule has 0 aliphatic heterocycles. The molecular formula is C13H15N5. The molecule has 0 saturated heterocycles. The number of benzene rings is 1. The van der Waals surface area contributed by atoms with E-state index in [9.17, 15) is 0 Å². The third kappa shape index (κ3) is 2.45. The predicted molar refractivity (Wildman–Crippen MR) is 69.8 cm³/mol. The van der Waals surface area contributed by atoms with E-state index in [4.69, 9.17) is 0 Å². The van der Waals surface area contributed by atoms with Gasteiger partial charge in [-0.25, -0.2) is 4.68 Å². The molecule has 0 radical (unpaired) electrons. The van der Waals surface area contributed by atoms with Gasteiger partial charge in [-0.3, -0.25) is 0 Å². The van der Waals surface area contributed by atoms with Crippen molar-refractivity contribution in [1.82, 2.24) is 24.8 Å². The Kier molecular flexibility index (Phi) is 3.86. The standard InChI is InChI=1S/C11H9N5.C2H6/c1-3-10(15-8-2-5-12-15)9-11(4-1)16-13-6-7-14-16;1-2/h1-9H;1-2H3. The van der Waals surface area contributed by atoms with Crippen molar-refractivity contribution >= 4 is 0 Å². The second-order valence-electron chi connectivity index (χ2n) is 3.29. The lowest BCUT2D eigenvalue weighted by Gasteiger charge is -2.04. The van der Waals surface area contributed by atoms with E-state index in [-0.39, 0.29) is 0 Å². The fourth-order valence-electron chi connectivity index (χ4n) is 1.53. The summed E-state index contributed by atoms with van der Waals surface area (Å²) in [5, 5.41) is 12.3. The van der Waals surface area contributed by atoms with Gasteiger partial charge < -0.3 is 0 Å². The second-order valence-corrected chi connectivity index (χ2v) is 3.29. The van der Waals surface area contributed by atoms with Gasteiger partial charge in [-0.15, -0.1) is 0 Å². The van der Waals surface area contributed by atoms with Crippen molar-refractivity contribution in [2.45, 2.75) is 13.8 Å². The van der Waals surface area contributed by atoms with Gasteiger partial charge in [-0.1, -0.05) is 19.9 Å². The molecule has 0 saturated carbocycles. The Morgan fingerprint density at radius 1 is 0.833 bits per heavy atom. The Labute approximate surface area is 106 Å². The summed E-state index contributed by atoms with van der Waals surface area (Å²) in [4.78, 5) is 1.58. The maximum Gasteiger partial charge on any atom is 0.0878 e. The molecule has 5 heteroatoms. The quantitative estimate of drug-likeness (QED) is 0.692. The minimum atomic E-state index is 0.915. The topological polar surface area (TPSA) is 48.5 Å². The van der Waals surface area contributed by atoms with Gasteiger partial charge in [0.1, 0.15) is 0 Å². The van der Waals surface area contributed by atoms with Crippen LogP contribution < -0.4 is 0 Å². The van der Waals surface area contributed by atoms with Gasteiger partial charge >= 0.3 is 0 Å². The van der Waals surface area contributed by atoms with Crippen molar-refractivity contribution in [1.29, 1.82) is 0 Å². The highest BCUT2D eigenvalue weighted by Crippen LogP contribution is 2.11. The van der Waals surface area contributed by atoms with E-state index in [0.29, 0.717) is 0 Å². The van der Waals surface area contributed by atoms with Crippen LogP contribution in [0.15, 0.2) is 55.1 Å². The van der Waals surface area contributed by atoms with Crippen molar-refractivity contribution in [2.24, 2.45) is 0 Å². The van der Waals surface area contributed by atoms with E-state index >= 15 is 0 Å². The van der Waals surface area contributed by atoms with Crippen LogP contribution in [0.2, 0.25) is 0 Å². The summed E-state index contributed by atoms with van der Waals surface area (Å²) in [6.45, 7) is 4.00. The van der Waals surface area contributed by atoms with Crippen molar-refractivity contribution in [3.05, 3.63) is 55.1 Å². The lowest BCUT2D eigenvalue weighted by molar-refractivity contribution is 0.749. The van der Waals surface area contributed by atoms with Gasteiger partial charge in [-0.05, 0) is 24.3 Å². The lowest BCUT2D eigenvalue weighted by atomic mass is 10.3. The van der Waals surface area contributed by atoms with Crippen molar-refractivity contribution in [2.75, 3.05) is 0 Å². The largest absolute Gasteiger partial charge is 0.241 e. The van der Waals surface area contributed by atoms with Gasteiger partial charge in [0.15, 0.2) is 0 Å². The molecule has 0 N–H and O–H groups in total. The summed E-state index contributed by atoms with van der Waals surface area (Å²) in [6, 6.07) is 9.76. The smallest absolute Gasteiger partial charge is 0.0878 e. The van der Waals surface area contributed by atoms with E-state index in [2.05, 4.69) is 15.3 Å². The zero-order valence-electron chi connectivity index (χ0n) is 10.4. The molecule has 0 amide bonds. The first-order chi connectivity index (χ1) is 8.93. The SMILES string of the molecule is CC.c1cc(-n2cccn2)cc(-n2nccn2)c1. The zero-order valence-corrected chi connectivity index (χ0v) is 10.4. The first-order valence-corrected chi connectivity index (χ1v) is 5.90. The van der Waals surface area contributed by atoms with E-state index in [1.54, 1.807) is 28.1 Å². The van der Waals surface area contributed by atoms with Gasteiger partial charge in [0.2, 0.25) is 0 Å². The molecule has 0 fully saturated rings. The summed E-state index contributed by atoms with van der Waals surface area (Å²) < 4.78 is 1.80. The average molecular weight is 241 g/mol. The highest BCUT2D eigenvalue weighted by molar-refractivity contribution is 5.41. The van der Waals surface area contributed by atoms with Crippen molar-refractivity contribution in [3.8, 4) is 11.4 Å². The summed E-state index contributed by atoms with van der Waals surface area (Å²) in [5.41, 5.74) is 1.90. The van der Waals surface area contributed by atoms with Gasteiger partial charge in [0, 0.05) is 12.4 Å². The van der Waals surface area contributed by atoms with Gasteiger partial charge in [0.05, 0.1) is 23.8 Å². The fourth-order valence-corrected chi connectivity index (χ4v) is 1.53. The highest BCUT2D eigenvalue weighted by atomic mass is 15.5. The maximum atomic E-state index is 4.18. The molecular weight excluding hydrogens is 226 g/mol. The molecule has 0 spiro atoms. The van der Waals surface area contributed by atoms with Crippen LogP contribution in [-0.4, -0.2) is 24.8 Å². The highest BCUT2D eigenvalue weighted by Gasteiger charge is 2.00. The van der Waals surface area contributed by atoms with Crippen LogP contribution in [0.1, 0.15) is 13.8 Å². The molecule has 0 atom stereocenters. The first-order valence-electron chi connectivity index (χ1n) is 5.90. The van der Waals surface area contributed by atoms with Crippen LogP contribution in [0.4, 0.5) is 0 Å². The number of nitrogens with zero attached hydrogens (tertiary/aromatic N) is 5. The van der Waals surface area contributed by atoms with E-state index < -0.39 is 0 Å². The number of rotatable bonds is 2.